The van der Waals surface area contributed by atoms with Crippen molar-refractivity contribution in [2.24, 2.45) is 5.41 Å². The molecule has 1 unspecified atom stereocenters. The Balaban J connectivity index is 2.27. The Kier molecular flexibility index (Phi) is 4.16. The van der Waals surface area contributed by atoms with Gasteiger partial charge in [-0.25, -0.2) is 0 Å². The molecule has 1 aliphatic carbocycles. The molecule has 0 saturated heterocycles. The number of anilines is 1. The Morgan fingerprint density at radius 3 is 2.67 bits per heavy atom. The van der Waals surface area contributed by atoms with Gasteiger partial charge in [-0.2, -0.15) is 0 Å². The largest absolute Gasteiger partial charge is 0.388 e. The summed E-state index contributed by atoms with van der Waals surface area (Å²) in [5.41, 5.74) is 0.652. The molecule has 1 amide bonds. The number of nitrogens with one attached hydrogen (secondary N) is 2. The fraction of sp³-hybridized carbons (Fsp3) is 0.533. The summed E-state index contributed by atoms with van der Waals surface area (Å²) in [6.07, 6.45) is 3.03. The van der Waals surface area contributed by atoms with E-state index in [1.54, 1.807) is 13.1 Å². The molecule has 0 aromatic heterocycles. The lowest BCUT2D eigenvalue weighted by atomic mass is 9.87. The summed E-state index contributed by atoms with van der Waals surface area (Å²) in [6.45, 7) is 4.23. The van der Waals surface area contributed by atoms with Crippen molar-refractivity contribution in [3.8, 4) is 0 Å². The smallest absolute Gasteiger partial charge is 0.282 e. The van der Waals surface area contributed by atoms with Gasteiger partial charge >= 0.3 is 0 Å². The van der Waals surface area contributed by atoms with E-state index in [0.29, 0.717) is 5.69 Å². The number of amides is 1. The van der Waals surface area contributed by atoms with E-state index in [1.807, 2.05) is 0 Å². The highest BCUT2D eigenvalue weighted by Gasteiger charge is 2.36. The van der Waals surface area contributed by atoms with Crippen LogP contribution >= 0.6 is 0 Å². The zero-order valence-corrected chi connectivity index (χ0v) is 12.6. The first-order valence-electron chi connectivity index (χ1n) is 7.12. The van der Waals surface area contributed by atoms with Gasteiger partial charge in [-0.3, -0.25) is 14.9 Å². The van der Waals surface area contributed by atoms with Crippen molar-refractivity contribution in [3.05, 3.63) is 33.9 Å². The molecule has 0 heterocycles. The first kappa shape index (κ1) is 15.3. The van der Waals surface area contributed by atoms with Gasteiger partial charge in [0.05, 0.1) is 4.92 Å². The molecule has 1 aromatic rings. The second kappa shape index (κ2) is 5.71. The molecule has 6 nitrogen and oxygen atoms in total. The number of hydrogen-bond acceptors (Lipinski definition) is 4. The topological polar surface area (TPSA) is 84.3 Å². The summed E-state index contributed by atoms with van der Waals surface area (Å²) in [6, 6.07) is 4.53. The van der Waals surface area contributed by atoms with Crippen molar-refractivity contribution < 1.29 is 9.72 Å². The lowest BCUT2D eigenvalue weighted by Gasteiger charge is -2.27. The summed E-state index contributed by atoms with van der Waals surface area (Å²) < 4.78 is 0. The van der Waals surface area contributed by atoms with Gasteiger partial charge < -0.3 is 10.6 Å². The van der Waals surface area contributed by atoms with Crippen molar-refractivity contribution >= 4 is 17.3 Å². The predicted molar refractivity (Wildman–Crippen MR) is 81.5 cm³/mol. The van der Waals surface area contributed by atoms with Crippen LogP contribution in [0.4, 0.5) is 11.4 Å². The summed E-state index contributed by atoms with van der Waals surface area (Å²) in [7, 11) is 1.71. The van der Waals surface area contributed by atoms with Crippen LogP contribution in [-0.4, -0.2) is 23.9 Å². The van der Waals surface area contributed by atoms with Crippen LogP contribution in [0.2, 0.25) is 0 Å². The minimum Gasteiger partial charge on any atom is -0.388 e. The van der Waals surface area contributed by atoms with Gasteiger partial charge in [0, 0.05) is 24.8 Å². The third kappa shape index (κ3) is 3.15. The second-order valence-corrected chi connectivity index (χ2v) is 6.15. The molecule has 21 heavy (non-hydrogen) atoms. The van der Waals surface area contributed by atoms with Gasteiger partial charge in [-0.05, 0) is 30.4 Å². The van der Waals surface area contributed by atoms with Crippen molar-refractivity contribution in [1.82, 2.24) is 5.32 Å². The Labute approximate surface area is 124 Å². The highest BCUT2D eigenvalue weighted by atomic mass is 16.6. The van der Waals surface area contributed by atoms with E-state index in [1.165, 1.54) is 12.1 Å². The molecule has 0 radical (unpaired) electrons. The molecule has 0 aliphatic heterocycles. The third-order valence-corrected chi connectivity index (χ3v) is 4.29. The van der Waals surface area contributed by atoms with E-state index >= 15 is 0 Å². The van der Waals surface area contributed by atoms with Gasteiger partial charge in [-0.15, -0.1) is 0 Å². The third-order valence-electron chi connectivity index (χ3n) is 4.29. The zero-order chi connectivity index (χ0) is 15.6. The van der Waals surface area contributed by atoms with Gasteiger partial charge in [-0.1, -0.05) is 20.3 Å². The number of nitro groups is 1. The number of rotatable bonds is 4. The molecule has 114 valence electrons. The maximum absolute atomic E-state index is 12.4. The highest BCUT2D eigenvalue weighted by Crippen LogP contribution is 2.37. The highest BCUT2D eigenvalue weighted by molar-refractivity contribution is 5.99. The van der Waals surface area contributed by atoms with E-state index in [9.17, 15) is 14.9 Å². The van der Waals surface area contributed by atoms with Crippen LogP contribution in [-0.2, 0) is 0 Å². The molecule has 1 aliphatic rings. The maximum atomic E-state index is 12.4. The van der Waals surface area contributed by atoms with E-state index in [4.69, 9.17) is 0 Å². The van der Waals surface area contributed by atoms with Crippen molar-refractivity contribution in [3.63, 3.8) is 0 Å². The summed E-state index contributed by atoms with van der Waals surface area (Å²) >= 11 is 0. The van der Waals surface area contributed by atoms with E-state index in [0.717, 1.165) is 19.3 Å². The molecule has 1 aromatic carbocycles. The van der Waals surface area contributed by atoms with Crippen LogP contribution in [0, 0.1) is 15.5 Å². The van der Waals surface area contributed by atoms with Gasteiger partial charge in [0.15, 0.2) is 0 Å². The molecule has 2 N–H and O–H groups in total. The van der Waals surface area contributed by atoms with E-state index in [2.05, 4.69) is 24.5 Å². The molecule has 1 fully saturated rings. The Bertz CT molecular complexity index is 569. The Morgan fingerprint density at radius 2 is 2.14 bits per heavy atom. The second-order valence-electron chi connectivity index (χ2n) is 6.15. The van der Waals surface area contributed by atoms with Crippen LogP contribution in [0.25, 0.3) is 0 Å². The first-order valence-corrected chi connectivity index (χ1v) is 7.12. The Hall–Kier alpha value is -2.11. The number of benzene rings is 1. The Morgan fingerprint density at radius 1 is 1.43 bits per heavy atom. The van der Waals surface area contributed by atoms with Gasteiger partial charge in [0.25, 0.3) is 11.6 Å². The van der Waals surface area contributed by atoms with Crippen LogP contribution < -0.4 is 10.6 Å². The minimum absolute atomic E-state index is 0.0328. The lowest BCUT2D eigenvalue weighted by molar-refractivity contribution is -0.385. The van der Waals surface area contributed by atoms with E-state index in [-0.39, 0.29) is 28.6 Å². The van der Waals surface area contributed by atoms with Crippen LogP contribution in [0.15, 0.2) is 18.2 Å². The monoisotopic (exact) mass is 291 g/mol. The molecule has 1 atom stereocenters. The van der Waals surface area contributed by atoms with Crippen molar-refractivity contribution in [2.75, 3.05) is 12.4 Å². The number of nitrogens with zero attached hydrogens (tertiary/aromatic N) is 1. The summed E-state index contributed by atoms with van der Waals surface area (Å²) in [4.78, 5) is 23.0. The lowest BCUT2D eigenvalue weighted by Crippen LogP contribution is -2.41. The quantitative estimate of drug-likeness (QED) is 0.660. The van der Waals surface area contributed by atoms with Gasteiger partial charge in [0.2, 0.25) is 0 Å². The van der Waals surface area contributed by atoms with Crippen LogP contribution in [0.1, 0.15) is 43.5 Å². The van der Waals surface area contributed by atoms with Crippen molar-refractivity contribution in [2.45, 2.75) is 39.2 Å². The van der Waals surface area contributed by atoms with Gasteiger partial charge in [0.1, 0.15) is 5.56 Å². The van der Waals surface area contributed by atoms with E-state index < -0.39 is 4.92 Å². The SMILES string of the molecule is CNc1ccc([N+](=O)[O-])c(C(=O)NC2CCCC2(C)C)c1. The molecular weight excluding hydrogens is 270 g/mol. The number of nitro benzene ring substituents is 1. The number of hydrogen-bond donors (Lipinski definition) is 2. The average molecular weight is 291 g/mol. The molecular formula is C15H21N3O3. The van der Waals surface area contributed by atoms with Crippen LogP contribution in [0.5, 0.6) is 0 Å². The first-order chi connectivity index (χ1) is 9.85. The molecule has 1 saturated carbocycles. The standard InChI is InChI=1S/C15H21N3O3/c1-15(2)8-4-5-13(15)17-14(19)11-9-10(16-3)6-7-12(11)18(20)21/h6-7,9,13,16H,4-5,8H2,1-3H3,(H,17,19). The average Bonchev–Trinajstić information content (AvgIpc) is 2.77. The fourth-order valence-electron chi connectivity index (χ4n) is 2.86. The maximum Gasteiger partial charge on any atom is 0.282 e. The minimum atomic E-state index is -0.520. The van der Waals surface area contributed by atoms with Crippen LogP contribution in [0.3, 0.4) is 0 Å². The fourth-order valence-corrected chi connectivity index (χ4v) is 2.86. The normalized spacial score (nSPS) is 20.0. The predicted octanol–water partition coefficient (Wildman–Crippen LogP) is 2.95. The molecule has 0 bridgehead atoms. The molecule has 0 spiro atoms. The zero-order valence-electron chi connectivity index (χ0n) is 12.6. The number of carbonyl (C=O) groups excluding carboxylic acids is 1. The molecule has 2 rings (SSSR count). The number of carbonyl (C=O) groups is 1. The van der Waals surface area contributed by atoms with Crippen molar-refractivity contribution in [1.29, 1.82) is 0 Å². The molecule has 6 heteroatoms. The summed E-state index contributed by atoms with van der Waals surface area (Å²) in [5, 5.41) is 17.0. The summed E-state index contributed by atoms with van der Waals surface area (Å²) in [5.74, 6) is -0.376.